The second-order valence-electron chi connectivity index (χ2n) is 7.76. The summed E-state index contributed by atoms with van der Waals surface area (Å²) in [6, 6.07) is 13.7. The van der Waals surface area contributed by atoms with Crippen LogP contribution in [-0.2, 0) is 0 Å². The van der Waals surface area contributed by atoms with Gasteiger partial charge < -0.3 is 14.7 Å². The number of hydrogen-bond donors (Lipinski definition) is 1. The average Bonchev–Trinajstić information content (AvgIpc) is 2.79. The van der Waals surface area contributed by atoms with Crippen LogP contribution >= 0.6 is 0 Å². The number of benzene rings is 2. The lowest BCUT2D eigenvalue weighted by atomic mass is 10.1. The minimum Gasteiger partial charge on any atom is -0.494 e. The highest BCUT2D eigenvalue weighted by molar-refractivity contribution is 5.91. The number of carbonyl (C=O) groups is 1. The fourth-order valence-corrected chi connectivity index (χ4v) is 3.32. The highest BCUT2D eigenvalue weighted by Gasteiger charge is 2.09. The third-order valence-electron chi connectivity index (χ3n) is 5.15. The molecule has 0 aliphatic carbocycles. The molecule has 0 fully saturated rings. The van der Waals surface area contributed by atoms with E-state index < -0.39 is 5.97 Å². The first-order chi connectivity index (χ1) is 15.2. The number of hydrogen-bond acceptors (Lipinski definition) is 5. The van der Waals surface area contributed by atoms with Gasteiger partial charge in [0, 0.05) is 0 Å². The van der Waals surface area contributed by atoms with Crippen LogP contribution in [0.4, 0.5) is 0 Å². The second kappa shape index (κ2) is 15.1. The lowest BCUT2D eigenvalue weighted by molar-refractivity contribution is 0.0734. The van der Waals surface area contributed by atoms with E-state index in [4.69, 9.17) is 14.7 Å². The van der Waals surface area contributed by atoms with Crippen LogP contribution in [0, 0.1) is 0 Å². The van der Waals surface area contributed by atoms with Gasteiger partial charge in [0.2, 0.25) is 0 Å². The van der Waals surface area contributed by atoms with Crippen molar-refractivity contribution < 1.29 is 19.5 Å². The molecule has 0 aliphatic rings. The van der Waals surface area contributed by atoms with Gasteiger partial charge in [0.15, 0.2) is 0 Å². The summed E-state index contributed by atoms with van der Waals surface area (Å²) in [5.41, 5.74) is 1.18. The number of esters is 1. The standard InChI is InChI=1S/C26H35NO4/c1-2-3-4-5-6-7-8-9-10-11-20-30-24-18-14-23(15-19-24)26(28)31-25-16-12-22(13-17-25)21-27-29/h12-19,21,29H,2-11,20H2,1H3/b27-21+. The average molecular weight is 426 g/mol. The summed E-state index contributed by atoms with van der Waals surface area (Å²) in [7, 11) is 0. The molecule has 5 nitrogen and oxygen atoms in total. The lowest BCUT2D eigenvalue weighted by Crippen LogP contribution is -2.08. The van der Waals surface area contributed by atoms with Gasteiger partial charge in [-0.25, -0.2) is 4.79 Å². The number of ether oxygens (including phenoxy) is 2. The normalized spacial score (nSPS) is 11.0. The Balaban J connectivity index is 1.60. The first-order valence-electron chi connectivity index (χ1n) is 11.5. The van der Waals surface area contributed by atoms with Crippen molar-refractivity contribution in [2.45, 2.75) is 71.1 Å². The Morgan fingerprint density at radius 3 is 1.94 bits per heavy atom. The fourth-order valence-electron chi connectivity index (χ4n) is 3.32. The Labute approximate surface area is 186 Å². The molecule has 0 saturated heterocycles. The van der Waals surface area contributed by atoms with Crippen molar-refractivity contribution in [1.29, 1.82) is 0 Å². The van der Waals surface area contributed by atoms with Crippen LogP contribution in [0.1, 0.15) is 87.1 Å². The van der Waals surface area contributed by atoms with Crippen LogP contribution in [0.3, 0.4) is 0 Å². The molecule has 2 aromatic carbocycles. The molecule has 0 radical (unpaired) electrons. The molecule has 0 amide bonds. The lowest BCUT2D eigenvalue weighted by Gasteiger charge is -2.08. The zero-order valence-electron chi connectivity index (χ0n) is 18.6. The first kappa shape index (κ1) is 24.4. The minimum absolute atomic E-state index is 0.426. The van der Waals surface area contributed by atoms with E-state index in [-0.39, 0.29) is 0 Å². The van der Waals surface area contributed by atoms with Gasteiger partial charge >= 0.3 is 5.97 Å². The molecule has 31 heavy (non-hydrogen) atoms. The molecule has 2 aromatic rings. The Bertz CT molecular complexity index is 769. The molecular formula is C26H35NO4. The van der Waals surface area contributed by atoms with Crippen molar-refractivity contribution in [3.05, 3.63) is 59.7 Å². The predicted molar refractivity (Wildman–Crippen MR) is 125 cm³/mol. The zero-order chi connectivity index (χ0) is 22.2. The second-order valence-corrected chi connectivity index (χ2v) is 7.76. The smallest absolute Gasteiger partial charge is 0.343 e. The molecule has 0 atom stereocenters. The summed E-state index contributed by atoms with van der Waals surface area (Å²) in [5.74, 6) is 0.770. The van der Waals surface area contributed by atoms with E-state index in [1.807, 2.05) is 0 Å². The highest BCUT2D eigenvalue weighted by Crippen LogP contribution is 2.17. The van der Waals surface area contributed by atoms with Crippen molar-refractivity contribution in [3.63, 3.8) is 0 Å². The monoisotopic (exact) mass is 425 g/mol. The van der Waals surface area contributed by atoms with Gasteiger partial charge in [0.05, 0.1) is 18.4 Å². The Morgan fingerprint density at radius 1 is 0.806 bits per heavy atom. The molecule has 5 heteroatoms. The Hall–Kier alpha value is -2.82. The number of unbranched alkanes of at least 4 members (excludes halogenated alkanes) is 9. The molecule has 0 bridgehead atoms. The number of rotatable bonds is 15. The van der Waals surface area contributed by atoms with E-state index in [0.717, 1.165) is 12.2 Å². The molecule has 168 valence electrons. The summed E-state index contributed by atoms with van der Waals surface area (Å²) in [6.07, 6.45) is 14.3. The SMILES string of the molecule is CCCCCCCCCCCCOc1ccc(C(=O)Oc2ccc(/C=N/O)cc2)cc1. The van der Waals surface area contributed by atoms with Gasteiger partial charge in [0.25, 0.3) is 0 Å². The molecule has 0 spiro atoms. The van der Waals surface area contributed by atoms with Crippen molar-refractivity contribution in [3.8, 4) is 11.5 Å². The molecule has 1 N–H and O–H groups in total. The number of carbonyl (C=O) groups excluding carboxylic acids is 1. The van der Waals surface area contributed by atoms with Crippen molar-refractivity contribution in [2.24, 2.45) is 5.16 Å². The fraction of sp³-hybridized carbons (Fsp3) is 0.462. The predicted octanol–water partition coefficient (Wildman–Crippen LogP) is 7.01. The quantitative estimate of drug-likeness (QED) is 0.0832. The van der Waals surface area contributed by atoms with Crippen LogP contribution in [0.15, 0.2) is 53.7 Å². The number of oxime groups is 1. The van der Waals surface area contributed by atoms with Crippen LogP contribution in [0.5, 0.6) is 11.5 Å². The van der Waals surface area contributed by atoms with E-state index in [2.05, 4.69) is 12.1 Å². The van der Waals surface area contributed by atoms with Crippen LogP contribution in [-0.4, -0.2) is 24.0 Å². The van der Waals surface area contributed by atoms with Gasteiger partial charge in [-0.1, -0.05) is 69.9 Å². The van der Waals surface area contributed by atoms with E-state index in [9.17, 15) is 4.79 Å². The summed E-state index contributed by atoms with van der Waals surface area (Å²) in [4.78, 5) is 12.3. The minimum atomic E-state index is -0.426. The van der Waals surface area contributed by atoms with E-state index >= 15 is 0 Å². The topological polar surface area (TPSA) is 68.1 Å². The molecule has 0 aromatic heterocycles. The first-order valence-corrected chi connectivity index (χ1v) is 11.5. The van der Waals surface area contributed by atoms with Crippen molar-refractivity contribution in [1.82, 2.24) is 0 Å². The van der Waals surface area contributed by atoms with Gasteiger partial charge in [-0.05, 0) is 60.5 Å². The Morgan fingerprint density at radius 2 is 1.35 bits per heavy atom. The van der Waals surface area contributed by atoms with Crippen molar-refractivity contribution in [2.75, 3.05) is 6.61 Å². The molecule has 2 rings (SSSR count). The largest absolute Gasteiger partial charge is 0.494 e. The van der Waals surface area contributed by atoms with E-state index in [1.165, 1.54) is 64.0 Å². The third kappa shape index (κ3) is 10.2. The molecular weight excluding hydrogens is 390 g/mol. The maximum atomic E-state index is 12.3. The molecule has 0 saturated carbocycles. The maximum absolute atomic E-state index is 12.3. The summed E-state index contributed by atoms with van der Waals surface area (Å²) >= 11 is 0. The number of nitrogens with zero attached hydrogens (tertiary/aromatic N) is 1. The van der Waals surface area contributed by atoms with Gasteiger partial charge in [-0.3, -0.25) is 0 Å². The third-order valence-corrected chi connectivity index (χ3v) is 5.15. The van der Waals surface area contributed by atoms with Crippen LogP contribution < -0.4 is 9.47 Å². The maximum Gasteiger partial charge on any atom is 0.343 e. The molecule has 0 unspecified atom stereocenters. The summed E-state index contributed by atoms with van der Waals surface area (Å²) in [5, 5.41) is 11.5. The van der Waals surface area contributed by atoms with Crippen LogP contribution in [0.25, 0.3) is 0 Å². The Kier molecular flexibility index (Phi) is 11.9. The zero-order valence-corrected chi connectivity index (χ0v) is 18.6. The van der Waals surface area contributed by atoms with Gasteiger partial charge in [-0.2, -0.15) is 0 Å². The van der Waals surface area contributed by atoms with Crippen LogP contribution in [0.2, 0.25) is 0 Å². The molecule has 0 heterocycles. The van der Waals surface area contributed by atoms with E-state index in [1.54, 1.807) is 48.5 Å². The summed E-state index contributed by atoms with van der Waals surface area (Å²) < 4.78 is 11.1. The van der Waals surface area contributed by atoms with E-state index in [0.29, 0.717) is 23.5 Å². The van der Waals surface area contributed by atoms with Crippen molar-refractivity contribution >= 4 is 12.2 Å². The highest BCUT2D eigenvalue weighted by atomic mass is 16.5. The van der Waals surface area contributed by atoms with Gasteiger partial charge in [-0.15, -0.1) is 0 Å². The van der Waals surface area contributed by atoms with Gasteiger partial charge in [0.1, 0.15) is 11.5 Å². The summed E-state index contributed by atoms with van der Waals surface area (Å²) in [6.45, 7) is 2.95. The molecule has 0 aliphatic heterocycles.